The van der Waals surface area contributed by atoms with E-state index in [1.54, 1.807) is 0 Å². The number of carbonyl (C=O) groups excluding carboxylic acids is 1. The van der Waals surface area contributed by atoms with Crippen molar-refractivity contribution < 1.29 is 9.90 Å². The number of amides is 2. The van der Waals surface area contributed by atoms with E-state index >= 15 is 0 Å². The first-order chi connectivity index (χ1) is 7.81. The van der Waals surface area contributed by atoms with Gasteiger partial charge < -0.3 is 15.3 Å². The van der Waals surface area contributed by atoms with Gasteiger partial charge in [-0.05, 0) is 32.1 Å². The quantitative estimate of drug-likeness (QED) is 0.763. The maximum atomic E-state index is 12.0. The Labute approximate surface area is 97.0 Å². The molecule has 0 radical (unpaired) electrons. The molecule has 16 heavy (non-hydrogen) atoms. The molecular weight excluding hydrogens is 204 g/mol. The Morgan fingerprint density at radius 3 is 2.38 bits per heavy atom. The van der Waals surface area contributed by atoms with Crippen LogP contribution in [0.25, 0.3) is 0 Å². The second-order valence-electron chi connectivity index (χ2n) is 4.93. The molecule has 0 aromatic carbocycles. The molecule has 0 heterocycles. The molecule has 0 spiro atoms. The van der Waals surface area contributed by atoms with Crippen molar-refractivity contribution in [1.29, 1.82) is 0 Å². The van der Waals surface area contributed by atoms with Crippen molar-refractivity contribution in [3.8, 4) is 0 Å². The van der Waals surface area contributed by atoms with E-state index in [9.17, 15) is 4.79 Å². The molecule has 2 aliphatic carbocycles. The van der Waals surface area contributed by atoms with Gasteiger partial charge >= 0.3 is 6.03 Å². The Morgan fingerprint density at radius 2 is 1.88 bits per heavy atom. The van der Waals surface area contributed by atoms with Crippen LogP contribution in [-0.4, -0.2) is 41.3 Å². The summed E-state index contributed by atoms with van der Waals surface area (Å²) in [6, 6.07) is 0.771. The van der Waals surface area contributed by atoms with E-state index in [2.05, 4.69) is 5.32 Å². The lowest BCUT2D eigenvalue weighted by molar-refractivity contribution is 0.116. The molecule has 2 rings (SSSR count). The van der Waals surface area contributed by atoms with Crippen LogP contribution in [0.4, 0.5) is 4.79 Å². The van der Waals surface area contributed by atoms with Crippen LogP contribution in [0.3, 0.4) is 0 Å². The first kappa shape index (κ1) is 11.7. The first-order valence-electron chi connectivity index (χ1n) is 6.49. The summed E-state index contributed by atoms with van der Waals surface area (Å²) in [5, 5.41) is 12.1. The van der Waals surface area contributed by atoms with E-state index in [0.29, 0.717) is 18.6 Å². The Bertz CT molecular complexity index is 235. The van der Waals surface area contributed by atoms with Crippen molar-refractivity contribution in [1.82, 2.24) is 10.2 Å². The number of hydrogen-bond acceptors (Lipinski definition) is 2. The van der Waals surface area contributed by atoms with Crippen LogP contribution < -0.4 is 5.32 Å². The Hall–Kier alpha value is -0.770. The monoisotopic (exact) mass is 226 g/mol. The summed E-state index contributed by atoms with van der Waals surface area (Å²) >= 11 is 0. The van der Waals surface area contributed by atoms with Crippen LogP contribution in [0.5, 0.6) is 0 Å². The summed E-state index contributed by atoms with van der Waals surface area (Å²) in [7, 11) is 0. The number of aliphatic hydroxyl groups is 1. The van der Waals surface area contributed by atoms with Crippen molar-refractivity contribution in [2.24, 2.45) is 0 Å². The average Bonchev–Trinajstić information content (AvgIpc) is 2.67. The maximum Gasteiger partial charge on any atom is 0.317 e. The molecule has 0 aromatic heterocycles. The fourth-order valence-corrected chi connectivity index (χ4v) is 2.58. The molecule has 92 valence electrons. The van der Waals surface area contributed by atoms with Crippen molar-refractivity contribution in [3.63, 3.8) is 0 Å². The highest BCUT2D eigenvalue weighted by Crippen LogP contribution is 2.25. The zero-order valence-electron chi connectivity index (χ0n) is 9.82. The van der Waals surface area contributed by atoms with E-state index in [-0.39, 0.29) is 12.6 Å². The van der Waals surface area contributed by atoms with Gasteiger partial charge in [0, 0.05) is 18.6 Å². The standard InChI is InChI=1S/C12H22N2O2/c15-9-8-14(11-6-3-7-11)12(16)13-10-4-1-2-5-10/h10-11,15H,1-9H2,(H,13,16). The topological polar surface area (TPSA) is 52.6 Å². The molecule has 2 N–H and O–H groups in total. The van der Waals surface area contributed by atoms with E-state index < -0.39 is 0 Å². The molecule has 0 aromatic rings. The molecule has 4 heteroatoms. The predicted molar refractivity (Wildman–Crippen MR) is 62.2 cm³/mol. The van der Waals surface area contributed by atoms with Crippen LogP contribution in [0, 0.1) is 0 Å². The fourth-order valence-electron chi connectivity index (χ4n) is 2.58. The van der Waals surface area contributed by atoms with Gasteiger partial charge in [0.1, 0.15) is 0 Å². The smallest absolute Gasteiger partial charge is 0.317 e. The van der Waals surface area contributed by atoms with Gasteiger partial charge in [-0.25, -0.2) is 4.79 Å². The van der Waals surface area contributed by atoms with Gasteiger partial charge in [0.15, 0.2) is 0 Å². The van der Waals surface area contributed by atoms with E-state index in [0.717, 1.165) is 25.7 Å². The molecule has 2 saturated carbocycles. The molecule has 2 fully saturated rings. The molecule has 2 aliphatic rings. The predicted octanol–water partition coefficient (Wildman–Crippen LogP) is 1.49. The zero-order chi connectivity index (χ0) is 11.4. The van der Waals surface area contributed by atoms with Gasteiger partial charge in [0.2, 0.25) is 0 Å². The highest BCUT2D eigenvalue weighted by Gasteiger charge is 2.29. The van der Waals surface area contributed by atoms with Crippen molar-refractivity contribution in [3.05, 3.63) is 0 Å². The lowest BCUT2D eigenvalue weighted by Crippen LogP contribution is -2.52. The van der Waals surface area contributed by atoms with Gasteiger partial charge in [0.25, 0.3) is 0 Å². The number of aliphatic hydroxyl groups excluding tert-OH is 1. The number of rotatable bonds is 4. The molecule has 0 aliphatic heterocycles. The second-order valence-corrected chi connectivity index (χ2v) is 4.93. The number of urea groups is 1. The van der Waals surface area contributed by atoms with Gasteiger partial charge in [0.05, 0.1) is 6.61 Å². The molecule has 4 nitrogen and oxygen atoms in total. The number of carbonyl (C=O) groups is 1. The minimum atomic E-state index is 0.0330. The SMILES string of the molecule is O=C(NC1CCCC1)N(CCO)C1CCC1. The highest BCUT2D eigenvalue weighted by atomic mass is 16.3. The fraction of sp³-hybridized carbons (Fsp3) is 0.917. The summed E-state index contributed by atoms with van der Waals surface area (Å²) in [6.07, 6.45) is 8.09. The number of nitrogens with one attached hydrogen (secondary N) is 1. The second kappa shape index (κ2) is 5.53. The lowest BCUT2D eigenvalue weighted by atomic mass is 9.91. The van der Waals surface area contributed by atoms with Crippen LogP contribution in [0.2, 0.25) is 0 Å². The molecule has 0 atom stereocenters. The van der Waals surface area contributed by atoms with Crippen molar-refractivity contribution in [2.75, 3.05) is 13.2 Å². The molecule has 0 saturated heterocycles. The number of hydrogen-bond donors (Lipinski definition) is 2. The van der Waals surface area contributed by atoms with Crippen molar-refractivity contribution in [2.45, 2.75) is 57.0 Å². The van der Waals surface area contributed by atoms with Crippen LogP contribution >= 0.6 is 0 Å². The minimum Gasteiger partial charge on any atom is -0.395 e. The molecule has 2 amide bonds. The van der Waals surface area contributed by atoms with Crippen LogP contribution in [-0.2, 0) is 0 Å². The third-order valence-electron chi connectivity index (χ3n) is 3.80. The summed E-state index contributed by atoms with van der Waals surface area (Å²) < 4.78 is 0. The summed E-state index contributed by atoms with van der Waals surface area (Å²) in [4.78, 5) is 13.8. The van der Waals surface area contributed by atoms with Crippen LogP contribution in [0.1, 0.15) is 44.9 Å². The minimum absolute atomic E-state index is 0.0330. The molecule has 0 bridgehead atoms. The summed E-state index contributed by atoms with van der Waals surface area (Å²) in [5.41, 5.74) is 0. The normalized spacial score (nSPS) is 21.8. The van der Waals surface area contributed by atoms with Gasteiger partial charge in [-0.3, -0.25) is 0 Å². The largest absolute Gasteiger partial charge is 0.395 e. The summed E-state index contributed by atoms with van der Waals surface area (Å²) in [5.74, 6) is 0. The number of nitrogens with zero attached hydrogens (tertiary/aromatic N) is 1. The summed E-state index contributed by atoms with van der Waals surface area (Å²) in [6.45, 7) is 0.539. The Balaban J connectivity index is 1.82. The molecule has 0 unspecified atom stereocenters. The third-order valence-corrected chi connectivity index (χ3v) is 3.80. The lowest BCUT2D eigenvalue weighted by Gasteiger charge is -2.37. The van der Waals surface area contributed by atoms with Gasteiger partial charge in [-0.2, -0.15) is 0 Å². The van der Waals surface area contributed by atoms with Crippen LogP contribution in [0.15, 0.2) is 0 Å². The van der Waals surface area contributed by atoms with E-state index in [1.165, 1.54) is 19.3 Å². The van der Waals surface area contributed by atoms with Gasteiger partial charge in [-0.1, -0.05) is 12.8 Å². The highest BCUT2D eigenvalue weighted by molar-refractivity contribution is 5.75. The maximum absolute atomic E-state index is 12.0. The zero-order valence-corrected chi connectivity index (χ0v) is 9.82. The average molecular weight is 226 g/mol. The van der Waals surface area contributed by atoms with Gasteiger partial charge in [-0.15, -0.1) is 0 Å². The van der Waals surface area contributed by atoms with E-state index in [1.807, 2.05) is 4.90 Å². The third kappa shape index (κ3) is 2.67. The first-order valence-corrected chi connectivity index (χ1v) is 6.49. The van der Waals surface area contributed by atoms with Crippen molar-refractivity contribution >= 4 is 6.03 Å². The van der Waals surface area contributed by atoms with E-state index in [4.69, 9.17) is 5.11 Å². The Morgan fingerprint density at radius 1 is 1.19 bits per heavy atom. The Kier molecular flexibility index (Phi) is 4.04. The molecular formula is C12H22N2O2.